The summed E-state index contributed by atoms with van der Waals surface area (Å²) in [6, 6.07) is 8.14. The molecule has 1 heterocycles. The third kappa shape index (κ3) is 3.77. The van der Waals surface area contributed by atoms with E-state index in [4.69, 9.17) is 9.47 Å². The molecule has 1 aliphatic carbocycles. The lowest BCUT2D eigenvalue weighted by Crippen LogP contribution is -2.14. The zero-order valence-electron chi connectivity index (χ0n) is 14.2. The Hall–Kier alpha value is -1.77. The van der Waals surface area contributed by atoms with Crippen molar-refractivity contribution in [3.05, 3.63) is 42.0 Å². The fourth-order valence-corrected chi connectivity index (χ4v) is 3.82. The zero-order chi connectivity index (χ0) is 16.4. The van der Waals surface area contributed by atoms with E-state index >= 15 is 0 Å². The first-order valence-electron chi connectivity index (χ1n) is 8.60. The van der Waals surface area contributed by atoms with Crippen LogP contribution >= 0.6 is 0 Å². The maximum atomic E-state index is 11.5. The van der Waals surface area contributed by atoms with Crippen LogP contribution in [0, 0.1) is 30.6 Å². The number of carbonyl (C=O) groups is 1. The Morgan fingerprint density at radius 1 is 1.43 bits per heavy atom. The van der Waals surface area contributed by atoms with Crippen molar-refractivity contribution in [3.8, 4) is 5.75 Å². The lowest BCUT2D eigenvalue weighted by Gasteiger charge is -2.17. The highest BCUT2D eigenvalue weighted by molar-refractivity contribution is 5.72. The van der Waals surface area contributed by atoms with Gasteiger partial charge in [-0.15, -0.1) is 0 Å². The second-order valence-electron chi connectivity index (χ2n) is 7.18. The molecule has 0 unspecified atom stereocenters. The first-order chi connectivity index (χ1) is 11.0. The molecule has 124 valence electrons. The first-order valence-corrected chi connectivity index (χ1v) is 8.60. The highest BCUT2D eigenvalue weighted by atomic mass is 16.6. The molecule has 23 heavy (non-hydrogen) atoms. The average Bonchev–Trinajstić information content (AvgIpc) is 2.98. The van der Waals surface area contributed by atoms with Gasteiger partial charge in [0.05, 0.1) is 13.0 Å². The fraction of sp³-hybridized carbons (Fsp3) is 0.550. The third-order valence-electron chi connectivity index (χ3n) is 5.08. The van der Waals surface area contributed by atoms with E-state index in [1.54, 1.807) is 0 Å². The summed E-state index contributed by atoms with van der Waals surface area (Å²) >= 11 is 0. The number of fused-ring (bicyclic) bond motifs is 1. The van der Waals surface area contributed by atoms with Crippen LogP contribution < -0.4 is 4.74 Å². The quantitative estimate of drug-likeness (QED) is 0.605. The topological polar surface area (TPSA) is 35.5 Å². The summed E-state index contributed by atoms with van der Waals surface area (Å²) in [5, 5.41) is 0. The summed E-state index contributed by atoms with van der Waals surface area (Å²) in [4.78, 5) is 11.5. The highest BCUT2D eigenvalue weighted by Gasteiger charge is 2.47. The van der Waals surface area contributed by atoms with Crippen LogP contribution in [0.4, 0.5) is 0 Å². The third-order valence-corrected chi connectivity index (χ3v) is 5.08. The number of rotatable bonds is 5. The number of ether oxygens (including phenoxy) is 2. The maximum absolute atomic E-state index is 11.5. The van der Waals surface area contributed by atoms with Gasteiger partial charge in [0.25, 0.3) is 0 Å². The molecular weight excluding hydrogens is 288 g/mol. The van der Waals surface area contributed by atoms with E-state index in [1.165, 1.54) is 5.56 Å². The highest BCUT2D eigenvalue weighted by Crippen LogP contribution is 2.45. The molecule has 1 aromatic carbocycles. The van der Waals surface area contributed by atoms with Gasteiger partial charge in [-0.1, -0.05) is 38.1 Å². The lowest BCUT2D eigenvalue weighted by atomic mass is 9.87. The molecule has 0 bridgehead atoms. The number of esters is 1. The molecule has 2 aliphatic rings. The van der Waals surface area contributed by atoms with Crippen LogP contribution in [0.15, 0.2) is 36.4 Å². The molecule has 0 spiro atoms. The number of hydrogen-bond donors (Lipinski definition) is 0. The van der Waals surface area contributed by atoms with Crippen molar-refractivity contribution >= 4 is 5.97 Å². The normalized spacial score (nSPS) is 31.2. The van der Waals surface area contributed by atoms with E-state index in [-0.39, 0.29) is 12.1 Å². The smallest absolute Gasteiger partial charge is 0.306 e. The largest absolute Gasteiger partial charge is 0.493 e. The molecule has 5 atom stereocenters. The number of aryl methyl sites for hydroxylation is 1. The van der Waals surface area contributed by atoms with Gasteiger partial charge in [0.15, 0.2) is 0 Å². The molecule has 0 radical (unpaired) electrons. The zero-order valence-corrected chi connectivity index (χ0v) is 14.2. The van der Waals surface area contributed by atoms with Crippen molar-refractivity contribution in [3.63, 3.8) is 0 Å². The first kappa shape index (κ1) is 16.1. The Morgan fingerprint density at radius 2 is 2.26 bits per heavy atom. The minimum absolute atomic E-state index is 0.0267. The van der Waals surface area contributed by atoms with Gasteiger partial charge in [-0.2, -0.15) is 0 Å². The molecule has 2 fully saturated rings. The monoisotopic (exact) mass is 314 g/mol. The SMILES string of the molecule is Cc1cccc(OC[C@H](C)/C=C/[C@@H]2[C@H]3CC(=O)O[C@H]3C[C@H]2C)c1. The van der Waals surface area contributed by atoms with Crippen LogP contribution in [0.25, 0.3) is 0 Å². The van der Waals surface area contributed by atoms with Crippen molar-refractivity contribution in [1.82, 2.24) is 0 Å². The van der Waals surface area contributed by atoms with E-state index in [9.17, 15) is 4.79 Å². The van der Waals surface area contributed by atoms with Crippen LogP contribution in [-0.2, 0) is 9.53 Å². The van der Waals surface area contributed by atoms with Gasteiger partial charge in [-0.3, -0.25) is 4.79 Å². The van der Waals surface area contributed by atoms with Gasteiger partial charge in [-0.05, 0) is 42.9 Å². The van der Waals surface area contributed by atoms with E-state index in [1.807, 2.05) is 12.1 Å². The Morgan fingerprint density at radius 3 is 3.04 bits per heavy atom. The van der Waals surface area contributed by atoms with Crippen molar-refractivity contribution in [2.24, 2.45) is 23.7 Å². The summed E-state index contributed by atoms with van der Waals surface area (Å²) in [7, 11) is 0. The minimum atomic E-state index is -0.0267. The average molecular weight is 314 g/mol. The second kappa shape index (κ2) is 6.77. The Bertz CT molecular complexity index is 592. The molecular formula is C20H26O3. The van der Waals surface area contributed by atoms with Gasteiger partial charge in [-0.25, -0.2) is 0 Å². The number of benzene rings is 1. The van der Waals surface area contributed by atoms with E-state index < -0.39 is 0 Å². The molecule has 1 saturated carbocycles. The summed E-state index contributed by atoms with van der Waals surface area (Å²) in [6.07, 6.45) is 6.26. The van der Waals surface area contributed by atoms with Gasteiger partial charge in [0.2, 0.25) is 0 Å². The molecule has 0 aromatic heterocycles. The molecule has 0 N–H and O–H groups in total. The standard InChI is InChI=1S/C20H26O3/c1-13-5-4-6-16(9-13)22-12-14(2)7-8-17-15(3)10-19-18(17)11-20(21)23-19/h4-9,14-15,17-19H,10-12H2,1-3H3/b8-7+/t14-,15-,17+,18-,19+/m1/s1. The van der Waals surface area contributed by atoms with Gasteiger partial charge < -0.3 is 9.47 Å². The van der Waals surface area contributed by atoms with E-state index in [0.717, 1.165) is 12.2 Å². The maximum Gasteiger partial charge on any atom is 0.306 e. The molecule has 0 amide bonds. The Balaban J connectivity index is 1.53. The van der Waals surface area contributed by atoms with Crippen molar-refractivity contribution in [2.75, 3.05) is 6.61 Å². The molecule has 3 nitrogen and oxygen atoms in total. The van der Waals surface area contributed by atoms with Crippen LogP contribution in [0.3, 0.4) is 0 Å². The van der Waals surface area contributed by atoms with Crippen LogP contribution in [0.5, 0.6) is 5.75 Å². The lowest BCUT2D eigenvalue weighted by molar-refractivity contribution is -0.141. The Kier molecular flexibility index (Phi) is 4.74. The molecule has 1 saturated heterocycles. The molecule has 3 heteroatoms. The number of allylic oxidation sites excluding steroid dienone is 1. The second-order valence-corrected chi connectivity index (χ2v) is 7.18. The predicted molar refractivity (Wildman–Crippen MR) is 90.2 cm³/mol. The molecule has 1 aromatic rings. The van der Waals surface area contributed by atoms with Gasteiger partial charge in [0.1, 0.15) is 11.9 Å². The fourth-order valence-electron chi connectivity index (χ4n) is 3.82. The van der Waals surface area contributed by atoms with Gasteiger partial charge in [0, 0.05) is 11.8 Å². The minimum Gasteiger partial charge on any atom is -0.493 e. The summed E-state index contributed by atoms with van der Waals surface area (Å²) in [5.74, 6) is 2.65. The van der Waals surface area contributed by atoms with Crippen molar-refractivity contribution in [2.45, 2.75) is 39.7 Å². The van der Waals surface area contributed by atoms with Crippen LogP contribution in [0.2, 0.25) is 0 Å². The van der Waals surface area contributed by atoms with Crippen molar-refractivity contribution < 1.29 is 14.3 Å². The van der Waals surface area contributed by atoms with Crippen LogP contribution in [0.1, 0.15) is 32.3 Å². The van der Waals surface area contributed by atoms with E-state index in [2.05, 4.69) is 45.1 Å². The Labute approximate surface area is 138 Å². The summed E-state index contributed by atoms with van der Waals surface area (Å²) < 4.78 is 11.3. The molecule has 3 rings (SSSR count). The number of hydrogen-bond acceptors (Lipinski definition) is 3. The van der Waals surface area contributed by atoms with Crippen LogP contribution in [-0.4, -0.2) is 18.7 Å². The number of carbonyl (C=O) groups excluding carboxylic acids is 1. The summed E-state index contributed by atoms with van der Waals surface area (Å²) in [6.45, 7) is 7.17. The van der Waals surface area contributed by atoms with Gasteiger partial charge >= 0.3 is 5.97 Å². The van der Waals surface area contributed by atoms with E-state index in [0.29, 0.717) is 36.7 Å². The predicted octanol–water partition coefficient (Wildman–Crippen LogP) is 4.15. The van der Waals surface area contributed by atoms with Crippen molar-refractivity contribution in [1.29, 1.82) is 0 Å². The molecule has 1 aliphatic heterocycles. The summed E-state index contributed by atoms with van der Waals surface area (Å²) in [5.41, 5.74) is 1.21.